The van der Waals surface area contributed by atoms with Gasteiger partial charge in [-0.1, -0.05) is 0 Å². The van der Waals surface area contributed by atoms with E-state index in [0.717, 1.165) is 0 Å². The Kier molecular flexibility index (Phi) is 5.32. The number of alkyl halides is 3. The van der Waals surface area contributed by atoms with Gasteiger partial charge in [0.1, 0.15) is 5.75 Å². The summed E-state index contributed by atoms with van der Waals surface area (Å²) >= 11 is 0. The lowest BCUT2D eigenvalue weighted by atomic mass is 10.2. The first kappa shape index (κ1) is 17.4. The number of nitrogens with zero attached hydrogens (tertiary/aromatic N) is 1. The van der Waals surface area contributed by atoms with E-state index in [9.17, 15) is 28.2 Å². The van der Waals surface area contributed by atoms with Gasteiger partial charge in [-0.05, 0) is 30.7 Å². The van der Waals surface area contributed by atoms with Crippen LogP contribution in [0, 0.1) is 0 Å². The number of halogens is 3. The van der Waals surface area contributed by atoms with Crippen molar-refractivity contribution < 1.29 is 32.9 Å². The molecule has 0 unspecified atom stereocenters. The second kappa shape index (κ2) is 7.05. The van der Waals surface area contributed by atoms with Crippen molar-refractivity contribution in [2.24, 2.45) is 0 Å². The molecule has 0 bridgehead atoms. The minimum absolute atomic E-state index is 0.0325. The number of hydrogen-bond acceptors (Lipinski definition) is 4. The monoisotopic (exact) mass is 334 g/mol. The number of benzene rings is 1. The molecule has 1 heterocycles. The molecule has 1 aromatic rings. The predicted octanol–water partition coefficient (Wildman–Crippen LogP) is 1.59. The van der Waals surface area contributed by atoms with Gasteiger partial charge in [-0.2, -0.15) is 13.2 Å². The first-order valence-corrected chi connectivity index (χ1v) is 6.94. The number of aliphatic hydroxyl groups excluding tert-OH is 2. The van der Waals surface area contributed by atoms with Crippen LogP contribution in [0.4, 0.5) is 23.7 Å². The van der Waals surface area contributed by atoms with Gasteiger partial charge in [0.25, 0.3) is 0 Å². The fourth-order valence-electron chi connectivity index (χ4n) is 2.31. The van der Waals surface area contributed by atoms with Crippen molar-refractivity contribution in [2.75, 3.05) is 25.1 Å². The number of carbonyl (C=O) groups is 1. The molecule has 2 atom stereocenters. The highest BCUT2D eigenvalue weighted by atomic mass is 19.4. The molecule has 0 aliphatic carbocycles. The smallest absolute Gasteiger partial charge is 0.422 e. The van der Waals surface area contributed by atoms with Crippen molar-refractivity contribution >= 4 is 11.7 Å². The van der Waals surface area contributed by atoms with Crippen LogP contribution < -0.4 is 10.1 Å². The van der Waals surface area contributed by atoms with Crippen molar-refractivity contribution in [1.82, 2.24) is 4.90 Å². The molecule has 1 aliphatic rings. The molecule has 2 rings (SSSR count). The zero-order valence-electron chi connectivity index (χ0n) is 12.1. The largest absolute Gasteiger partial charge is 0.484 e. The lowest BCUT2D eigenvalue weighted by Gasteiger charge is -2.23. The third-order valence-electron chi connectivity index (χ3n) is 3.37. The Balaban J connectivity index is 1.91. The first-order chi connectivity index (χ1) is 10.8. The third-order valence-corrected chi connectivity index (χ3v) is 3.37. The van der Waals surface area contributed by atoms with E-state index in [1.54, 1.807) is 0 Å². The number of amides is 2. The van der Waals surface area contributed by atoms with Crippen molar-refractivity contribution in [2.45, 2.75) is 24.7 Å². The average Bonchev–Trinajstić information content (AvgIpc) is 2.87. The van der Waals surface area contributed by atoms with Crippen LogP contribution in [-0.2, 0) is 0 Å². The van der Waals surface area contributed by atoms with Crippen molar-refractivity contribution in [3.63, 3.8) is 0 Å². The molecule has 3 N–H and O–H groups in total. The fraction of sp³-hybridized carbons (Fsp3) is 0.500. The SMILES string of the molecule is O=C(Nc1ccc(OCC(F)(F)F)cc1)N1C[C@H](O)C[C@@H]1CO. The number of hydrogen-bond donors (Lipinski definition) is 3. The van der Waals surface area contributed by atoms with Gasteiger partial charge < -0.3 is 25.2 Å². The number of anilines is 1. The maximum Gasteiger partial charge on any atom is 0.422 e. The zero-order chi connectivity index (χ0) is 17.0. The van der Waals surface area contributed by atoms with Gasteiger partial charge in [-0.15, -0.1) is 0 Å². The number of ether oxygens (including phenoxy) is 1. The van der Waals surface area contributed by atoms with E-state index in [1.807, 2.05) is 0 Å². The molecule has 0 aromatic heterocycles. The van der Waals surface area contributed by atoms with Crippen LogP contribution in [0.5, 0.6) is 5.75 Å². The number of rotatable bonds is 4. The number of nitrogens with one attached hydrogen (secondary N) is 1. The number of aliphatic hydroxyl groups is 2. The molecule has 0 radical (unpaired) electrons. The predicted molar refractivity (Wildman–Crippen MR) is 75.2 cm³/mol. The quantitative estimate of drug-likeness (QED) is 0.781. The minimum atomic E-state index is -4.41. The molecule has 23 heavy (non-hydrogen) atoms. The summed E-state index contributed by atoms with van der Waals surface area (Å²) in [5.74, 6) is 0.0325. The highest BCUT2D eigenvalue weighted by molar-refractivity contribution is 5.89. The lowest BCUT2D eigenvalue weighted by Crippen LogP contribution is -2.40. The Bertz CT molecular complexity index is 536. The molecular formula is C14H17F3N2O4. The fourth-order valence-corrected chi connectivity index (χ4v) is 2.31. The molecule has 128 valence electrons. The van der Waals surface area contributed by atoms with E-state index in [4.69, 9.17) is 0 Å². The van der Waals surface area contributed by atoms with Crippen LogP contribution in [0.25, 0.3) is 0 Å². The van der Waals surface area contributed by atoms with Crippen LogP contribution in [-0.4, -0.2) is 59.2 Å². The Morgan fingerprint density at radius 1 is 1.35 bits per heavy atom. The Morgan fingerprint density at radius 2 is 2.00 bits per heavy atom. The topological polar surface area (TPSA) is 82.0 Å². The zero-order valence-corrected chi connectivity index (χ0v) is 12.1. The average molecular weight is 334 g/mol. The number of likely N-dealkylation sites (tertiary alicyclic amines) is 1. The second-order valence-corrected chi connectivity index (χ2v) is 5.24. The second-order valence-electron chi connectivity index (χ2n) is 5.24. The molecule has 9 heteroatoms. The highest BCUT2D eigenvalue weighted by Crippen LogP contribution is 2.22. The van der Waals surface area contributed by atoms with Gasteiger partial charge in [0, 0.05) is 12.2 Å². The van der Waals surface area contributed by atoms with Crippen LogP contribution in [0.3, 0.4) is 0 Å². The Morgan fingerprint density at radius 3 is 2.57 bits per heavy atom. The summed E-state index contributed by atoms with van der Waals surface area (Å²) in [7, 11) is 0. The maximum absolute atomic E-state index is 12.1. The summed E-state index contributed by atoms with van der Waals surface area (Å²) in [6.07, 6.45) is -4.80. The van der Waals surface area contributed by atoms with E-state index in [-0.39, 0.29) is 18.9 Å². The van der Waals surface area contributed by atoms with Crippen LogP contribution in [0.2, 0.25) is 0 Å². The Labute approximate surface area is 130 Å². The lowest BCUT2D eigenvalue weighted by molar-refractivity contribution is -0.153. The van der Waals surface area contributed by atoms with E-state index in [2.05, 4.69) is 10.1 Å². The van der Waals surface area contributed by atoms with Gasteiger partial charge in [0.05, 0.1) is 18.8 Å². The Hall–Kier alpha value is -2.00. The molecule has 6 nitrogen and oxygen atoms in total. The van der Waals surface area contributed by atoms with E-state index < -0.39 is 31.0 Å². The van der Waals surface area contributed by atoms with Gasteiger partial charge in [-0.25, -0.2) is 4.79 Å². The van der Waals surface area contributed by atoms with Crippen LogP contribution in [0.15, 0.2) is 24.3 Å². The number of β-amino-alcohol motifs (C(OH)–C–C–N with tert-alkyl or cyclic N) is 1. The maximum atomic E-state index is 12.1. The molecular weight excluding hydrogens is 317 g/mol. The molecule has 1 aromatic carbocycles. The van der Waals surface area contributed by atoms with Crippen molar-refractivity contribution in [3.8, 4) is 5.75 Å². The standard InChI is InChI=1S/C14H17F3N2O4/c15-14(16,17)8-23-12-3-1-9(2-4-12)18-13(22)19-6-11(21)5-10(19)7-20/h1-4,10-11,20-21H,5-8H2,(H,18,22)/t10-,11-/m1/s1. The molecule has 0 spiro atoms. The summed E-state index contributed by atoms with van der Waals surface area (Å²) < 4.78 is 40.7. The molecule has 1 aliphatic heterocycles. The summed E-state index contributed by atoms with van der Waals surface area (Å²) in [6, 6.07) is 4.48. The third kappa shape index (κ3) is 5.00. The van der Waals surface area contributed by atoms with Crippen molar-refractivity contribution in [3.05, 3.63) is 24.3 Å². The normalized spacial score (nSPS) is 21.3. The van der Waals surface area contributed by atoms with Gasteiger partial charge in [-0.3, -0.25) is 0 Å². The summed E-state index contributed by atoms with van der Waals surface area (Å²) in [4.78, 5) is 13.4. The van der Waals surface area contributed by atoms with Crippen molar-refractivity contribution in [1.29, 1.82) is 0 Å². The van der Waals surface area contributed by atoms with Gasteiger partial charge in [0.2, 0.25) is 0 Å². The molecule has 1 saturated heterocycles. The number of carbonyl (C=O) groups excluding carboxylic acids is 1. The van der Waals surface area contributed by atoms with Gasteiger partial charge >= 0.3 is 12.2 Å². The first-order valence-electron chi connectivity index (χ1n) is 6.94. The van der Waals surface area contributed by atoms with E-state index >= 15 is 0 Å². The van der Waals surface area contributed by atoms with Crippen LogP contribution in [0.1, 0.15) is 6.42 Å². The molecule has 1 fully saturated rings. The van der Waals surface area contributed by atoms with Crippen LogP contribution >= 0.6 is 0 Å². The molecule has 0 saturated carbocycles. The highest BCUT2D eigenvalue weighted by Gasteiger charge is 2.33. The number of urea groups is 1. The summed E-state index contributed by atoms with van der Waals surface area (Å²) in [5.41, 5.74) is 0.368. The summed E-state index contributed by atoms with van der Waals surface area (Å²) in [6.45, 7) is -1.53. The molecule has 2 amide bonds. The van der Waals surface area contributed by atoms with Gasteiger partial charge in [0.15, 0.2) is 6.61 Å². The van der Waals surface area contributed by atoms with E-state index in [0.29, 0.717) is 12.1 Å². The minimum Gasteiger partial charge on any atom is -0.484 e. The summed E-state index contributed by atoms with van der Waals surface area (Å²) in [5, 5.41) is 21.3. The van der Waals surface area contributed by atoms with E-state index in [1.165, 1.54) is 29.2 Å².